The van der Waals surface area contributed by atoms with Gasteiger partial charge in [0.15, 0.2) is 16.5 Å². The van der Waals surface area contributed by atoms with Crippen molar-refractivity contribution in [3.05, 3.63) is 48.4 Å². The third-order valence-corrected chi connectivity index (χ3v) is 4.21. The number of carbonyl (C=O) groups is 1. The Labute approximate surface area is 142 Å². The molecule has 0 fully saturated rings. The third kappa shape index (κ3) is 3.11. The van der Waals surface area contributed by atoms with E-state index in [1.807, 2.05) is 0 Å². The van der Waals surface area contributed by atoms with Crippen LogP contribution in [0.25, 0.3) is 15.9 Å². The van der Waals surface area contributed by atoms with E-state index in [2.05, 4.69) is 25.1 Å². The van der Waals surface area contributed by atoms with Crippen molar-refractivity contribution in [3.8, 4) is 5.75 Å². The van der Waals surface area contributed by atoms with E-state index in [1.165, 1.54) is 16.6 Å². The topological polar surface area (TPSA) is 81.4 Å². The van der Waals surface area contributed by atoms with Gasteiger partial charge >= 0.3 is 6.61 Å². The first-order valence-corrected chi connectivity index (χ1v) is 7.87. The molecule has 0 saturated carbocycles. The molecule has 3 heterocycles. The standard InChI is InChI=1S/C15H9F2N5O2S/c16-14(17)24-8-2-3-9-11(6-8)25-15(19-9)20-13(23)10-7-12-18-4-1-5-22(12)21-10/h1-7,14H,(H,19,20,23). The maximum atomic E-state index is 12.3. The molecule has 1 aromatic carbocycles. The zero-order valence-corrected chi connectivity index (χ0v) is 13.2. The Hall–Kier alpha value is -3.14. The van der Waals surface area contributed by atoms with Crippen LogP contribution < -0.4 is 10.1 Å². The van der Waals surface area contributed by atoms with Gasteiger partial charge in [0.1, 0.15) is 5.75 Å². The lowest BCUT2D eigenvalue weighted by atomic mass is 10.3. The maximum absolute atomic E-state index is 12.3. The summed E-state index contributed by atoms with van der Waals surface area (Å²) in [6.45, 7) is -2.90. The van der Waals surface area contributed by atoms with Crippen LogP contribution in [0.15, 0.2) is 42.7 Å². The smallest absolute Gasteiger partial charge is 0.387 e. The molecular weight excluding hydrogens is 352 g/mol. The number of halogens is 2. The average molecular weight is 361 g/mol. The largest absolute Gasteiger partial charge is 0.435 e. The fourth-order valence-electron chi connectivity index (χ4n) is 2.24. The number of nitrogens with one attached hydrogen (secondary N) is 1. The van der Waals surface area contributed by atoms with Crippen molar-refractivity contribution in [1.82, 2.24) is 19.6 Å². The van der Waals surface area contributed by atoms with Crippen molar-refractivity contribution in [2.24, 2.45) is 0 Å². The minimum atomic E-state index is -2.90. The molecule has 25 heavy (non-hydrogen) atoms. The first-order valence-electron chi connectivity index (χ1n) is 7.06. The minimum absolute atomic E-state index is 0.0375. The van der Waals surface area contributed by atoms with Gasteiger partial charge in [-0.25, -0.2) is 14.5 Å². The SMILES string of the molecule is O=C(Nc1nc2ccc(OC(F)F)cc2s1)c1cc2ncccn2n1. The van der Waals surface area contributed by atoms with Gasteiger partial charge in [-0.2, -0.15) is 13.9 Å². The number of benzene rings is 1. The lowest BCUT2D eigenvalue weighted by Gasteiger charge is -2.02. The number of aromatic nitrogens is 4. The molecule has 4 rings (SSSR count). The van der Waals surface area contributed by atoms with Crippen molar-refractivity contribution in [2.45, 2.75) is 6.61 Å². The second-order valence-electron chi connectivity index (χ2n) is 4.93. The molecule has 0 unspecified atom stereocenters. The van der Waals surface area contributed by atoms with Crippen molar-refractivity contribution in [1.29, 1.82) is 0 Å². The van der Waals surface area contributed by atoms with Crippen molar-refractivity contribution >= 4 is 38.2 Å². The van der Waals surface area contributed by atoms with Gasteiger partial charge in [-0.05, 0) is 24.3 Å². The zero-order chi connectivity index (χ0) is 17.4. The van der Waals surface area contributed by atoms with Crippen molar-refractivity contribution in [3.63, 3.8) is 0 Å². The van der Waals surface area contributed by atoms with Gasteiger partial charge in [0.05, 0.1) is 10.2 Å². The summed E-state index contributed by atoms with van der Waals surface area (Å²) in [5, 5.41) is 7.10. The molecule has 4 aromatic rings. The summed E-state index contributed by atoms with van der Waals surface area (Å²) in [5.74, 6) is -0.399. The zero-order valence-electron chi connectivity index (χ0n) is 12.4. The maximum Gasteiger partial charge on any atom is 0.387 e. The van der Waals surface area contributed by atoms with E-state index in [9.17, 15) is 13.6 Å². The molecule has 7 nitrogen and oxygen atoms in total. The van der Waals surface area contributed by atoms with Gasteiger partial charge < -0.3 is 4.74 Å². The molecule has 0 radical (unpaired) electrons. The summed E-state index contributed by atoms with van der Waals surface area (Å²) >= 11 is 1.15. The fraction of sp³-hybridized carbons (Fsp3) is 0.0667. The Morgan fingerprint density at radius 2 is 2.20 bits per heavy atom. The van der Waals surface area contributed by atoms with E-state index in [4.69, 9.17) is 0 Å². The van der Waals surface area contributed by atoms with Crippen molar-refractivity contribution in [2.75, 3.05) is 5.32 Å². The van der Waals surface area contributed by atoms with Crippen LogP contribution in [-0.2, 0) is 0 Å². The van der Waals surface area contributed by atoms with E-state index in [-0.39, 0.29) is 11.4 Å². The quantitative estimate of drug-likeness (QED) is 0.604. The number of thiazole rings is 1. The lowest BCUT2D eigenvalue weighted by Crippen LogP contribution is -2.12. The predicted molar refractivity (Wildman–Crippen MR) is 87.2 cm³/mol. The molecule has 0 aliphatic carbocycles. The molecular formula is C15H9F2N5O2S. The highest BCUT2D eigenvalue weighted by Crippen LogP contribution is 2.30. The van der Waals surface area contributed by atoms with E-state index in [1.54, 1.807) is 30.6 Å². The number of hydrogen-bond acceptors (Lipinski definition) is 6. The van der Waals surface area contributed by atoms with Crippen LogP contribution in [0, 0.1) is 0 Å². The number of alkyl halides is 2. The Morgan fingerprint density at radius 1 is 1.32 bits per heavy atom. The fourth-order valence-corrected chi connectivity index (χ4v) is 3.13. The highest BCUT2D eigenvalue weighted by Gasteiger charge is 2.14. The number of carbonyl (C=O) groups excluding carboxylic acids is 1. The summed E-state index contributed by atoms with van der Waals surface area (Å²) < 4.78 is 31.0. The molecule has 0 atom stereocenters. The third-order valence-electron chi connectivity index (χ3n) is 3.27. The number of anilines is 1. The van der Waals surface area contributed by atoms with Crippen LogP contribution in [0.2, 0.25) is 0 Å². The summed E-state index contributed by atoms with van der Waals surface area (Å²) in [5.41, 5.74) is 1.31. The first kappa shape index (κ1) is 15.4. The number of nitrogens with zero attached hydrogens (tertiary/aromatic N) is 4. The predicted octanol–water partition coefficient (Wildman–Crippen LogP) is 3.19. The van der Waals surface area contributed by atoms with Crippen LogP contribution in [0.3, 0.4) is 0 Å². The molecule has 0 spiro atoms. The van der Waals surface area contributed by atoms with Gasteiger partial charge in [0.25, 0.3) is 5.91 Å². The highest BCUT2D eigenvalue weighted by molar-refractivity contribution is 7.22. The normalized spacial score (nSPS) is 11.3. The second-order valence-corrected chi connectivity index (χ2v) is 5.96. The van der Waals surface area contributed by atoms with Crippen molar-refractivity contribution < 1.29 is 18.3 Å². The number of hydrogen-bond donors (Lipinski definition) is 1. The Kier molecular flexibility index (Phi) is 3.73. The monoisotopic (exact) mass is 361 g/mol. The van der Waals surface area contributed by atoms with Gasteiger partial charge in [-0.15, -0.1) is 0 Å². The van der Waals surface area contributed by atoms with Gasteiger partial charge in [0, 0.05) is 18.5 Å². The Balaban J connectivity index is 1.58. The van der Waals surface area contributed by atoms with Crippen LogP contribution >= 0.6 is 11.3 Å². The lowest BCUT2D eigenvalue weighted by molar-refractivity contribution is -0.0497. The molecule has 0 bridgehead atoms. The van der Waals surface area contributed by atoms with E-state index < -0.39 is 12.5 Å². The number of rotatable bonds is 4. The molecule has 0 aliphatic heterocycles. The number of amides is 1. The van der Waals surface area contributed by atoms with Crippen LogP contribution in [0.4, 0.5) is 13.9 Å². The number of ether oxygens (including phenoxy) is 1. The minimum Gasteiger partial charge on any atom is -0.435 e. The van der Waals surface area contributed by atoms with Gasteiger partial charge in [-0.3, -0.25) is 10.1 Å². The Bertz CT molecular complexity index is 1050. The van der Waals surface area contributed by atoms with E-state index in [0.717, 1.165) is 11.3 Å². The van der Waals surface area contributed by atoms with E-state index in [0.29, 0.717) is 21.0 Å². The summed E-state index contributed by atoms with van der Waals surface area (Å²) in [6.07, 6.45) is 3.28. The molecule has 126 valence electrons. The summed E-state index contributed by atoms with van der Waals surface area (Å²) in [4.78, 5) is 20.6. The molecule has 1 N–H and O–H groups in total. The molecule has 0 saturated heterocycles. The molecule has 3 aromatic heterocycles. The van der Waals surface area contributed by atoms with Crippen LogP contribution in [-0.4, -0.2) is 32.1 Å². The molecule has 0 aliphatic rings. The summed E-state index contributed by atoms with van der Waals surface area (Å²) in [7, 11) is 0. The van der Waals surface area contributed by atoms with Crippen LogP contribution in [0.5, 0.6) is 5.75 Å². The molecule has 1 amide bonds. The highest BCUT2D eigenvalue weighted by atomic mass is 32.1. The van der Waals surface area contributed by atoms with Gasteiger partial charge in [-0.1, -0.05) is 11.3 Å². The number of fused-ring (bicyclic) bond motifs is 2. The summed E-state index contributed by atoms with van der Waals surface area (Å²) in [6, 6.07) is 7.65. The van der Waals surface area contributed by atoms with Crippen LogP contribution in [0.1, 0.15) is 10.5 Å². The second kappa shape index (κ2) is 6.06. The Morgan fingerprint density at radius 3 is 3.00 bits per heavy atom. The first-order chi connectivity index (χ1) is 12.1. The van der Waals surface area contributed by atoms with E-state index >= 15 is 0 Å². The molecule has 10 heteroatoms. The van der Waals surface area contributed by atoms with Gasteiger partial charge in [0.2, 0.25) is 0 Å². The average Bonchev–Trinajstić information content (AvgIpc) is 3.16.